The van der Waals surface area contributed by atoms with Crippen molar-refractivity contribution in [2.24, 2.45) is 23.2 Å². The fourth-order valence-electron chi connectivity index (χ4n) is 4.86. The van der Waals surface area contributed by atoms with Crippen LogP contribution in [-0.2, 0) is 0 Å². The van der Waals surface area contributed by atoms with Crippen LogP contribution in [0.1, 0.15) is 59.8 Å². The maximum atomic E-state index is 6.10. The van der Waals surface area contributed by atoms with Crippen molar-refractivity contribution >= 4 is 11.3 Å². The number of ether oxygens (including phenoxy) is 1. The Balaban J connectivity index is 1.76. The van der Waals surface area contributed by atoms with Crippen molar-refractivity contribution in [1.29, 1.82) is 0 Å². The lowest BCUT2D eigenvalue weighted by Crippen LogP contribution is -2.44. The second-order valence-electron chi connectivity index (χ2n) is 7.59. The summed E-state index contributed by atoms with van der Waals surface area (Å²) in [7, 11) is 0. The van der Waals surface area contributed by atoms with E-state index in [2.05, 4.69) is 38.8 Å². The van der Waals surface area contributed by atoms with Crippen LogP contribution >= 0.6 is 11.3 Å². The number of aromatic nitrogens is 1. The Labute approximate surface area is 139 Å². The van der Waals surface area contributed by atoms with Gasteiger partial charge in [-0.25, -0.2) is 4.98 Å². The molecule has 1 aromatic rings. The molecule has 1 aromatic heterocycles. The third-order valence-corrected chi connectivity index (χ3v) is 6.77. The van der Waals surface area contributed by atoms with E-state index in [1.54, 1.807) is 16.9 Å². The highest BCUT2D eigenvalue weighted by Gasteiger charge is 2.46. The summed E-state index contributed by atoms with van der Waals surface area (Å²) in [6.45, 7) is 9.69. The third-order valence-electron chi connectivity index (χ3n) is 6.11. The molecule has 0 amide bonds. The highest BCUT2D eigenvalue weighted by atomic mass is 32.1. The lowest BCUT2D eigenvalue weighted by molar-refractivity contribution is 0.0445. The highest BCUT2D eigenvalue weighted by Crippen LogP contribution is 2.55. The number of hydrogen-bond donors (Lipinski definition) is 0. The third kappa shape index (κ3) is 2.84. The summed E-state index contributed by atoms with van der Waals surface area (Å²) >= 11 is 1.60. The molecule has 0 spiro atoms. The Morgan fingerprint density at radius 1 is 1.45 bits per heavy atom. The van der Waals surface area contributed by atoms with Crippen LogP contribution in [0.2, 0.25) is 0 Å². The van der Waals surface area contributed by atoms with Crippen molar-refractivity contribution in [3.05, 3.63) is 23.2 Å². The summed E-state index contributed by atoms with van der Waals surface area (Å²) in [5.74, 6) is 2.45. The summed E-state index contributed by atoms with van der Waals surface area (Å²) in [5, 5.41) is 2.82. The van der Waals surface area contributed by atoms with Gasteiger partial charge < -0.3 is 4.74 Å². The number of hydrogen-bond acceptors (Lipinski definition) is 3. The molecule has 1 fully saturated rings. The minimum Gasteiger partial charge on any atom is -0.466 e. The summed E-state index contributed by atoms with van der Waals surface area (Å²) in [4.78, 5) is 4.27. The molecule has 22 heavy (non-hydrogen) atoms. The zero-order valence-electron chi connectivity index (χ0n) is 14.3. The Morgan fingerprint density at radius 2 is 2.27 bits per heavy atom. The second kappa shape index (κ2) is 6.35. The monoisotopic (exact) mass is 319 g/mol. The summed E-state index contributed by atoms with van der Waals surface area (Å²) in [6.07, 6.45) is 10.8. The number of fused-ring (bicyclic) bond motifs is 1. The Kier molecular flexibility index (Phi) is 4.63. The van der Waals surface area contributed by atoms with Crippen LogP contribution in [0.4, 0.5) is 0 Å². The van der Waals surface area contributed by atoms with Crippen molar-refractivity contribution in [2.75, 3.05) is 0 Å². The molecule has 2 aliphatic carbocycles. The molecule has 0 bridgehead atoms. The van der Waals surface area contributed by atoms with Gasteiger partial charge in [-0.1, -0.05) is 57.1 Å². The van der Waals surface area contributed by atoms with Gasteiger partial charge in [0.2, 0.25) is 0 Å². The van der Waals surface area contributed by atoms with Crippen LogP contribution in [0.3, 0.4) is 0 Å². The zero-order chi connectivity index (χ0) is 15.7. The van der Waals surface area contributed by atoms with Crippen LogP contribution < -0.4 is 4.74 Å². The standard InChI is InChI=1S/C19H29NOS/c1-5-17-16(13(2)3)7-6-14-12-15(8-9-19(14,17)4)21-18-20-10-11-22-18/h6,10-11,13,15-17H,5,7-9,12H2,1-4H3. The normalized spacial score (nSPS) is 35.1. The summed E-state index contributed by atoms with van der Waals surface area (Å²) < 4.78 is 6.10. The van der Waals surface area contributed by atoms with E-state index in [1.165, 1.54) is 19.3 Å². The van der Waals surface area contributed by atoms with Gasteiger partial charge in [0.05, 0.1) is 0 Å². The highest BCUT2D eigenvalue weighted by molar-refractivity contribution is 7.11. The molecule has 0 radical (unpaired) electrons. The number of rotatable bonds is 4. The van der Waals surface area contributed by atoms with E-state index in [4.69, 9.17) is 4.74 Å². The number of allylic oxidation sites excluding steroid dienone is 1. The van der Waals surface area contributed by atoms with Crippen molar-refractivity contribution < 1.29 is 4.74 Å². The largest absolute Gasteiger partial charge is 0.466 e. The maximum absolute atomic E-state index is 6.10. The van der Waals surface area contributed by atoms with Crippen LogP contribution in [-0.4, -0.2) is 11.1 Å². The van der Waals surface area contributed by atoms with Gasteiger partial charge in [-0.3, -0.25) is 0 Å². The van der Waals surface area contributed by atoms with Crippen molar-refractivity contribution in [3.8, 4) is 5.19 Å². The average molecular weight is 320 g/mol. The lowest BCUT2D eigenvalue weighted by Gasteiger charge is -2.51. The van der Waals surface area contributed by atoms with E-state index in [9.17, 15) is 0 Å². The summed E-state index contributed by atoms with van der Waals surface area (Å²) in [6, 6.07) is 0. The molecule has 0 aliphatic heterocycles. The molecule has 122 valence electrons. The van der Waals surface area contributed by atoms with Gasteiger partial charge in [0.15, 0.2) is 0 Å². The molecule has 4 atom stereocenters. The number of nitrogens with zero attached hydrogens (tertiary/aromatic N) is 1. The minimum atomic E-state index is 0.318. The Morgan fingerprint density at radius 3 is 2.91 bits per heavy atom. The molecule has 1 heterocycles. The molecule has 0 aromatic carbocycles. The van der Waals surface area contributed by atoms with E-state index in [0.717, 1.165) is 35.8 Å². The van der Waals surface area contributed by atoms with E-state index in [0.29, 0.717) is 11.5 Å². The van der Waals surface area contributed by atoms with Crippen LogP contribution in [0.5, 0.6) is 5.19 Å². The second-order valence-corrected chi connectivity index (χ2v) is 8.44. The molecule has 3 heteroatoms. The summed E-state index contributed by atoms with van der Waals surface area (Å²) in [5.41, 5.74) is 2.05. The molecule has 3 rings (SSSR count). The topological polar surface area (TPSA) is 22.1 Å². The zero-order valence-corrected chi connectivity index (χ0v) is 15.2. The molecule has 4 unspecified atom stereocenters. The van der Waals surface area contributed by atoms with Gasteiger partial charge in [0.25, 0.3) is 5.19 Å². The quantitative estimate of drug-likeness (QED) is 0.663. The van der Waals surface area contributed by atoms with E-state index in [-0.39, 0.29) is 0 Å². The molecular formula is C19H29NOS. The Bertz CT molecular complexity index is 522. The van der Waals surface area contributed by atoms with Gasteiger partial charge >= 0.3 is 0 Å². The van der Waals surface area contributed by atoms with Crippen molar-refractivity contribution in [1.82, 2.24) is 4.98 Å². The molecule has 1 saturated carbocycles. The first kappa shape index (κ1) is 16.0. The average Bonchev–Trinajstić information content (AvgIpc) is 2.99. The molecular weight excluding hydrogens is 290 g/mol. The lowest BCUT2D eigenvalue weighted by atomic mass is 9.54. The van der Waals surface area contributed by atoms with E-state index in [1.807, 2.05) is 11.6 Å². The van der Waals surface area contributed by atoms with Crippen LogP contribution in [0.25, 0.3) is 0 Å². The fourth-order valence-corrected chi connectivity index (χ4v) is 5.41. The predicted molar refractivity (Wildman–Crippen MR) is 93.3 cm³/mol. The van der Waals surface area contributed by atoms with E-state index < -0.39 is 0 Å². The molecule has 2 aliphatic rings. The number of thiazole rings is 1. The molecule has 0 saturated heterocycles. The molecule has 2 nitrogen and oxygen atoms in total. The predicted octanol–water partition coefficient (Wildman–Crippen LogP) is 5.71. The molecule has 0 N–H and O–H groups in total. The van der Waals surface area contributed by atoms with Gasteiger partial charge in [0.1, 0.15) is 6.10 Å². The first-order valence-electron chi connectivity index (χ1n) is 8.80. The maximum Gasteiger partial charge on any atom is 0.273 e. The SMILES string of the molecule is CCC1C(C(C)C)CC=C2CC(Oc3nccs3)CCC21C. The van der Waals surface area contributed by atoms with Gasteiger partial charge in [-0.05, 0) is 42.4 Å². The fraction of sp³-hybridized carbons (Fsp3) is 0.737. The van der Waals surface area contributed by atoms with Crippen LogP contribution in [0, 0.1) is 23.2 Å². The van der Waals surface area contributed by atoms with Crippen molar-refractivity contribution in [3.63, 3.8) is 0 Å². The smallest absolute Gasteiger partial charge is 0.273 e. The first-order chi connectivity index (χ1) is 10.5. The van der Waals surface area contributed by atoms with Crippen molar-refractivity contribution in [2.45, 2.75) is 65.9 Å². The minimum absolute atomic E-state index is 0.318. The van der Waals surface area contributed by atoms with Gasteiger partial charge in [0, 0.05) is 18.0 Å². The Hall–Kier alpha value is -0.830. The van der Waals surface area contributed by atoms with Crippen LogP contribution in [0.15, 0.2) is 23.2 Å². The van der Waals surface area contributed by atoms with Gasteiger partial charge in [-0.15, -0.1) is 0 Å². The van der Waals surface area contributed by atoms with Gasteiger partial charge in [-0.2, -0.15) is 0 Å². The first-order valence-corrected chi connectivity index (χ1v) is 9.68. The van der Waals surface area contributed by atoms with E-state index >= 15 is 0 Å².